The number of carbonyl (C=O) groups excluding carboxylic acids is 2. The molecule has 2 aromatic rings. The third-order valence-corrected chi connectivity index (χ3v) is 4.85. The number of nitrogens with one attached hydrogen (secondary N) is 1. The number of nitrogens with zero attached hydrogens (tertiary/aromatic N) is 2. The van der Waals surface area contributed by atoms with E-state index in [9.17, 15) is 9.59 Å². The molecule has 1 saturated carbocycles. The van der Waals surface area contributed by atoms with E-state index < -0.39 is 6.04 Å². The Morgan fingerprint density at radius 2 is 1.89 bits per heavy atom. The lowest BCUT2D eigenvalue weighted by Gasteiger charge is -2.23. The van der Waals surface area contributed by atoms with Gasteiger partial charge in [-0.1, -0.05) is 18.2 Å². The molecule has 0 bridgehead atoms. The van der Waals surface area contributed by atoms with Gasteiger partial charge >= 0.3 is 0 Å². The van der Waals surface area contributed by atoms with Crippen LogP contribution in [0.3, 0.4) is 0 Å². The zero-order valence-corrected chi connectivity index (χ0v) is 15.5. The fraction of sp³-hybridized carbons (Fsp3) is 0.381. The number of carbonyl (C=O) groups is 2. The summed E-state index contributed by atoms with van der Waals surface area (Å²) in [6.07, 6.45) is 5.48. The second-order valence-corrected chi connectivity index (χ2v) is 7.11. The Morgan fingerprint density at radius 3 is 2.61 bits per heavy atom. The molecule has 7 heteroatoms. The Kier molecular flexibility index (Phi) is 5.41. The van der Waals surface area contributed by atoms with Crippen molar-refractivity contribution in [2.75, 3.05) is 13.2 Å². The Labute approximate surface area is 163 Å². The van der Waals surface area contributed by atoms with Crippen LogP contribution in [0.25, 0.3) is 0 Å². The average Bonchev–Trinajstić information content (AvgIpc) is 3.44. The SMILES string of the molecule is O=C(NC1CC1)[C@@H]1C[C@H](Oc2cccnc2)CN1C(=O)COc1ccccc1. The Bertz CT molecular complexity index is 811. The quantitative estimate of drug-likeness (QED) is 0.791. The molecular weight excluding hydrogens is 358 g/mol. The molecule has 2 aliphatic rings. The number of hydrogen-bond donors (Lipinski definition) is 1. The predicted octanol–water partition coefficient (Wildman–Crippen LogP) is 1.79. The number of hydrogen-bond acceptors (Lipinski definition) is 5. The largest absolute Gasteiger partial charge is 0.487 e. The standard InChI is InChI=1S/C21H23N3O4/c25-20(14-27-16-5-2-1-3-6-16)24-13-18(28-17-7-4-10-22-12-17)11-19(24)21(26)23-15-8-9-15/h1-7,10,12,15,18-19H,8-9,11,13-14H2,(H,23,26)/t18-,19-/m0/s1. The van der Waals surface area contributed by atoms with Crippen molar-refractivity contribution in [2.45, 2.75) is 37.5 Å². The number of para-hydroxylation sites is 1. The summed E-state index contributed by atoms with van der Waals surface area (Å²) in [5.41, 5.74) is 0. The van der Waals surface area contributed by atoms with Gasteiger partial charge in [0.15, 0.2) is 6.61 Å². The van der Waals surface area contributed by atoms with Crippen molar-refractivity contribution in [3.63, 3.8) is 0 Å². The zero-order chi connectivity index (χ0) is 19.3. The molecule has 7 nitrogen and oxygen atoms in total. The van der Waals surface area contributed by atoms with E-state index in [0.29, 0.717) is 24.5 Å². The monoisotopic (exact) mass is 381 g/mol. The lowest BCUT2D eigenvalue weighted by molar-refractivity contribution is -0.140. The van der Waals surface area contributed by atoms with Gasteiger partial charge in [0.25, 0.3) is 5.91 Å². The Balaban J connectivity index is 1.41. The molecular formula is C21H23N3O4. The van der Waals surface area contributed by atoms with Crippen LogP contribution in [0.1, 0.15) is 19.3 Å². The van der Waals surface area contributed by atoms with Gasteiger partial charge in [0, 0.05) is 18.7 Å². The van der Waals surface area contributed by atoms with Crippen molar-refractivity contribution in [3.8, 4) is 11.5 Å². The summed E-state index contributed by atoms with van der Waals surface area (Å²) in [6, 6.07) is 12.5. The summed E-state index contributed by atoms with van der Waals surface area (Å²) in [5, 5.41) is 3.00. The van der Waals surface area contributed by atoms with Crippen LogP contribution in [0.15, 0.2) is 54.9 Å². The highest BCUT2D eigenvalue weighted by Gasteiger charge is 2.42. The summed E-state index contributed by atoms with van der Waals surface area (Å²) in [4.78, 5) is 31.1. The molecule has 1 aliphatic heterocycles. The second-order valence-electron chi connectivity index (χ2n) is 7.11. The van der Waals surface area contributed by atoms with Crippen LogP contribution in [0.5, 0.6) is 11.5 Å². The topological polar surface area (TPSA) is 80.8 Å². The molecule has 0 spiro atoms. The van der Waals surface area contributed by atoms with E-state index in [0.717, 1.165) is 12.8 Å². The number of aromatic nitrogens is 1. The van der Waals surface area contributed by atoms with Crippen molar-refractivity contribution < 1.29 is 19.1 Å². The van der Waals surface area contributed by atoms with Gasteiger partial charge in [0.2, 0.25) is 5.91 Å². The maximum absolute atomic E-state index is 12.8. The van der Waals surface area contributed by atoms with Gasteiger partial charge in [0.05, 0.1) is 12.7 Å². The number of amides is 2. The molecule has 2 fully saturated rings. The van der Waals surface area contributed by atoms with E-state index in [1.807, 2.05) is 24.3 Å². The fourth-order valence-electron chi connectivity index (χ4n) is 3.29. The number of likely N-dealkylation sites (tertiary alicyclic amines) is 1. The molecule has 1 aromatic carbocycles. The molecule has 1 saturated heterocycles. The minimum absolute atomic E-state index is 0.114. The van der Waals surface area contributed by atoms with E-state index >= 15 is 0 Å². The summed E-state index contributed by atoms with van der Waals surface area (Å²) in [6.45, 7) is 0.228. The first kappa shape index (κ1) is 18.3. The van der Waals surface area contributed by atoms with Crippen LogP contribution in [-0.2, 0) is 9.59 Å². The summed E-state index contributed by atoms with van der Waals surface area (Å²) < 4.78 is 11.5. The Hall–Kier alpha value is -3.09. The van der Waals surface area contributed by atoms with Gasteiger partial charge in [-0.2, -0.15) is 0 Å². The molecule has 28 heavy (non-hydrogen) atoms. The fourth-order valence-corrected chi connectivity index (χ4v) is 3.29. The maximum atomic E-state index is 12.8. The van der Waals surface area contributed by atoms with Gasteiger partial charge < -0.3 is 19.7 Å². The van der Waals surface area contributed by atoms with Crippen molar-refractivity contribution in [1.82, 2.24) is 15.2 Å². The molecule has 0 radical (unpaired) electrons. The predicted molar refractivity (Wildman–Crippen MR) is 102 cm³/mol. The van der Waals surface area contributed by atoms with Gasteiger partial charge in [-0.05, 0) is 37.1 Å². The van der Waals surface area contributed by atoms with Crippen LogP contribution in [-0.4, -0.2) is 53.0 Å². The Morgan fingerprint density at radius 1 is 1.11 bits per heavy atom. The maximum Gasteiger partial charge on any atom is 0.261 e. The van der Waals surface area contributed by atoms with Crippen molar-refractivity contribution in [2.24, 2.45) is 0 Å². The zero-order valence-electron chi connectivity index (χ0n) is 15.5. The number of benzene rings is 1. The van der Waals surface area contributed by atoms with Crippen molar-refractivity contribution in [3.05, 3.63) is 54.9 Å². The highest BCUT2D eigenvalue weighted by Crippen LogP contribution is 2.25. The van der Waals surface area contributed by atoms with E-state index in [4.69, 9.17) is 9.47 Å². The highest BCUT2D eigenvalue weighted by atomic mass is 16.5. The summed E-state index contributed by atoms with van der Waals surface area (Å²) >= 11 is 0. The smallest absolute Gasteiger partial charge is 0.261 e. The van der Waals surface area contributed by atoms with Crippen molar-refractivity contribution >= 4 is 11.8 Å². The van der Waals surface area contributed by atoms with E-state index in [1.54, 1.807) is 35.5 Å². The van der Waals surface area contributed by atoms with Gasteiger partial charge in [0.1, 0.15) is 23.6 Å². The summed E-state index contributed by atoms with van der Waals surface area (Å²) in [7, 11) is 0. The molecule has 146 valence electrons. The van der Waals surface area contributed by atoms with E-state index in [-0.39, 0.29) is 30.6 Å². The molecule has 4 rings (SSSR count). The summed E-state index contributed by atoms with van der Waals surface area (Å²) in [5.74, 6) is 0.908. The number of pyridine rings is 1. The highest BCUT2D eigenvalue weighted by molar-refractivity contribution is 5.89. The molecule has 1 aliphatic carbocycles. The molecule has 1 aromatic heterocycles. The third kappa shape index (κ3) is 4.60. The lowest BCUT2D eigenvalue weighted by atomic mass is 10.2. The number of rotatable bonds is 7. The molecule has 2 amide bonds. The average molecular weight is 381 g/mol. The minimum Gasteiger partial charge on any atom is -0.487 e. The van der Waals surface area contributed by atoms with Crippen LogP contribution < -0.4 is 14.8 Å². The first-order valence-corrected chi connectivity index (χ1v) is 9.53. The van der Waals surface area contributed by atoms with Crippen LogP contribution in [0.4, 0.5) is 0 Å². The van der Waals surface area contributed by atoms with Crippen LogP contribution >= 0.6 is 0 Å². The van der Waals surface area contributed by atoms with Gasteiger partial charge in [-0.15, -0.1) is 0 Å². The molecule has 1 N–H and O–H groups in total. The van der Waals surface area contributed by atoms with Crippen molar-refractivity contribution in [1.29, 1.82) is 0 Å². The lowest BCUT2D eigenvalue weighted by Crippen LogP contribution is -2.48. The first-order chi connectivity index (χ1) is 13.7. The molecule has 0 unspecified atom stereocenters. The number of ether oxygens (including phenoxy) is 2. The van der Waals surface area contributed by atoms with Crippen LogP contribution in [0, 0.1) is 0 Å². The van der Waals surface area contributed by atoms with E-state index in [1.165, 1.54) is 0 Å². The minimum atomic E-state index is -0.547. The van der Waals surface area contributed by atoms with Gasteiger partial charge in [-0.3, -0.25) is 14.6 Å². The van der Waals surface area contributed by atoms with E-state index in [2.05, 4.69) is 10.3 Å². The van der Waals surface area contributed by atoms with Gasteiger partial charge in [-0.25, -0.2) is 0 Å². The normalized spacial score (nSPS) is 21.2. The first-order valence-electron chi connectivity index (χ1n) is 9.53. The second kappa shape index (κ2) is 8.29. The third-order valence-electron chi connectivity index (χ3n) is 4.85. The molecule has 2 atom stereocenters. The molecule has 2 heterocycles. The van der Waals surface area contributed by atoms with Crippen LogP contribution in [0.2, 0.25) is 0 Å².